The summed E-state index contributed by atoms with van der Waals surface area (Å²) in [6.07, 6.45) is 5.22. The third-order valence-electron chi connectivity index (χ3n) is 5.03. The number of rotatable bonds is 1. The van der Waals surface area contributed by atoms with Crippen molar-refractivity contribution in [2.24, 2.45) is 0 Å². The lowest BCUT2D eigenvalue weighted by atomic mass is 9.97. The van der Waals surface area contributed by atoms with E-state index in [0.717, 1.165) is 10.8 Å². The van der Waals surface area contributed by atoms with Gasteiger partial charge in [0.05, 0.1) is 11.0 Å². The van der Waals surface area contributed by atoms with Crippen LogP contribution in [0.3, 0.4) is 0 Å². The topological polar surface area (TPSA) is 24.0 Å². The first-order chi connectivity index (χ1) is 9.72. The van der Waals surface area contributed by atoms with Crippen LogP contribution >= 0.6 is 12.2 Å². The molecule has 0 amide bonds. The van der Waals surface area contributed by atoms with Crippen molar-refractivity contribution in [2.45, 2.75) is 44.7 Å². The number of nitrogens with zero attached hydrogens (tertiary/aromatic N) is 2. The standard InChI is InChI=1S/C16H21N3S/c1-11-4-5-15-14(9-11)17-16(20)19(15)13-6-8-18-7-2-3-12(18)10-13/h4-5,9,12-13H,2-3,6-8,10H2,1H3,(H,17,20). The largest absolute Gasteiger partial charge is 0.331 e. The summed E-state index contributed by atoms with van der Waals surface area (Å²) in [4.78, 5) is 6.05. The van der Waals surface area contributed by atoms with E-state index in [1.807, 2.05) is 0 Å². The number of H-pyrrole nitrogens is 1. The Balaban J connectivity index is 1.74. The number of aromatic amines is 1. The first-order valence-electron chi connectivity index (χ1n) is 7.67. The fraction of sp³-hybridized carbons (Fsp3) is 0.562. The number of hydrogen-bond donors (Lipinski definition) is 1. The Morgan fingerprint density at radius 1 is 1.20 bits per heavy atom. The molecule has 0 radical (unpaired) electrons. The van der Waals surface area contributed by atoms with Crippen molar-refractivity contribution in [1.29, 1.82) is 0 Å². The molecule has 2 aromatic rings. The molecule has 3 heterocycles. The lowest BCUT2D eigenvalue weighted by molar-refractivity contribution is 0.156. The molecule has 2 unspecified atom stereocenters. The highest BCUT2D eigenvalue weighted by Crippen LogP contribution is 2.35. The van der Waals surface area contributed by atoms with Crippen molar-refractivity contribution < 1.29 is 0 Å². The fourth-order valence-corrected chi connectivity index (χ4v) is 4.40. The Morgan fingerprint density at radius 2 is 2.10 bits per heavy atom. The number of benzene rings is 1. The smallest absolute Gasteiger partial charge is 0.178 e. The summed E-state index contributed by atoms with van der Waals surface area (Å²) in [5.41, 5.74) is 3.74. The molecule has 3 nitrogen and oxygen atoms in total. The van der Waals surface area contributed by atoms with Gasteiger partial charge in [-0.2, -0.15) is 0 Å². The summed E-state index contributed by atoms with van der Waals surface area (Å²) < 4.78 is 3.27. The monoisotopic (exact) mass is 287 g/mol. The minimum atomic E-state index is 0.568. The van der Waals surface area contributed by atoms with E-state index in [4.69, 9.17) is 12.2 Å². The number of aromatic nitrogens is 2. The maximum Gasteiger partial charge on any atom is 0.178 e. The molecule has 2 saturated heterocycles. The summed E-state index contributed by atoms with van der Waals surface area (Å²) in [7, 11) is 0. The number of nitrogens with one attached hydrogen (secondary N) is 1. The Hall–Kier alpha value is -1.13. The van der Waals surface area contributed by atoms with Crippen molar-refractivity contribution in [3.05, 3.63) is 28.5 Å². The van der Waals surface area contributed by atoms with Gasteiger partial charge in [-0.15, -0.1) is 0 Å². The van der Waals surface area contributed by atoms with Gasteiger partial charge < -0.3 is 14.5 Å². The zero-order chi connectivity index (χ0) is 13.7. The lowest BCUT2D eigenvalue weighted by Crippen LogP contribution is -2.38. The molecule has 1 aromatic carbocycles. The SMILES string of the molecule is Cc1ccc2c(c1)[nH]c(=S)n2C1CCN2CCCC2C1. The molecule has 4 heteroatoms. The molecule has 106 valence electrons. The van der Waals surface area contributed by atoms with Crippen molar-refractivity contribution in [1.82, 2.24) is 14.5 Å². The fourth-order valence-electron chi connectivity index (χ4n) is 4.05. The zero-order valence-electron chi connectivity index (χ0n) is 11.9. The van der Waals surface area contributed by atoms with E-state index in [9.17, 15) is 0 Å². The van der Waals surface area contributed by atoms with Crippen LogP contribution in [0, 0.1) is 11.7 Å². The Bertz CT molecular complexity index is 699. The summed E-state index contributed by atoms with van der Waals surface area (Å²) in [5, 5.41) is 0. The third-order valence-corrected chi connectivity index (χ3v) is 5.33. The Morgan fingerprint density at radius 3 is 3.00 bits per heavy atom. The van der Waals surface area contributed by atoms with Crippen LogP contribution < -0.4 is 0 Å². The van der Waals surface area contributed by atoms with Crippen LogP contribution in [0.2, 0.25) is 0 Å². The number of hydrogen-bond acceptors (Lipinski definition) is 2. The zero-order valence-corrected chi connectivity index (χ0v) is 12.7. The van der Waals surface area contributed by atoms with Crippen LogP contribution in [0.15, 0.2) is 18.2 Å². The van der Waals surface area contributed by atoms with Crippen molar-refractivity contribution in [3.63, 3.8) is 0 Å². The predicted octanol–water partition coefficient (Wildman–Crippen LogP) is 3.81. The molecule has 0 saturated carbocycles. The van der Waals surface area contributed by atoms with E-state index in [1.165, 1.54) is 55.4 Å². The van der Waals surface area contributed by atoms with Crippen LogP contribution in [0.5, 0.6) is 0 Å². The Kier molecular flexibility index (Phi) is 2.97. The number of imidazole rings is 1. The average molecular weight is 287 g/mol. The van der Waals surface area contributed by atoms with Gasteiger partial charge in [-0.1, -0.05) is 6.07 Å². The number of fused-ring (bicyclic) bond motifs is 2. The molecule has 2 aliphatic rings. The second kappa shape index (κ2) is 4.71. The van der Waals surface area contributed by atoms with Gasteiger partial charge in [0.1, 0.15) is 0 Å². The molecule has 20 heavy (non-hydrogen) atoms. The van der Waals surface area contributed by atoms with E-state index in [0.29, 0.717) is 6.04 Å². The van der Waals surface area contributed by atoms with E-state index in [-0.39, 0.29) is 0 Å². The summed E-state index contributed by atoms with van der Waals surface area (Å²) in [6, 6.07) is 7.96. The molecular weight excluding hydrogens is 266 g/mol. The van der Waals surface area contributed by atoms with Crippen LogP contribution in [-0.2, 0) is 0 Å². The van der Waals surface area contributed by atoms with Crippen LogP contribution in [0.1, 0.15) is 37.3 Å². The normalized spacial score (nSPS) is 27.1. The van der Waals surface area contributed by atoms with Crippen LogP contribution in [0.25, 0.3) is 11.0 Å². The molecule has 2 atom stereocenters. The van der Waals surface area contributed by atoms with Gasteiger partial charge >= 0.3 is 0 Å². The Labute approximate surface area is 124 Å². The van der Waals surface area contributed by atoms with Gasteiger partial charge in [-0.05, 0) is 69.1 Å². The summed E-state index contributed by atoms with van der Waals surface area (Å²) >= 11 is 5.59. The maximum absolute atomic E-state index is 5.59. The van der Waals surface area contributed by atoms with E-state index in [2.05, 4.69) is 39.6 Å². The highest BCUT2D eigenvalue weighted by molar-refractivity contribution is 7.71. The predicted molar refractivity (Wildman–Crippen MR) is 84.7 cm³/mol. The summed E-state index contributed by atoms with van der Waals surface area (Å²) in [6.45, 7) is 4.66. The quantitative estimate of drug-likeness (QED) is 0.807. The summed E-state index contributed by atoms with van der Waals surface area (Å²) in [5.74, 6) is 0. The minimum Gasteiger partial charge on any atom is -0.331 e. The van der Waals surface area contributed by atoms with Crippen molar-refractivity contribution in [2.75, 3.05) is 13.1 Å². The average Bonchev–Trinajstić information content (AvgIpc) is 3.00. The lowest BCUT2D eigenvalue weighted by Gasteiger charge is -2.35. The van der Waals surface area contributed by atoms with Crippen molar-refractivity contribution in [3.8, 4) is 0 Å². The second-order valence-corrected chi connectivity index (χ2v) is 6.72. The van der Waals surface area contributed by atoms with Gasteiger partial charge in [0.15, 0.2) is 4.77 Å². The molecule has 2 aliphatic heterocycles. The molecule has 0 bridgehead atoms. The first-order valence-corrected chi connectivity index (χ1v) is 8.08. The molecule has 1 N–H and O–H groups in total. The molecule has 4 rings (SSSR count). The highest BCUT2D eigenvalue weighted by atomic mass is 32.1. The van der Waals surface area contributed by atoms with E-state index < -0.39 is 0 Å². The third kappa shape index (κ3) is 1.93. The molecule has 0 spiro atoms. The maximum atomic E-state index is 5.59. The number of aryl methyl sites for hydroxylation is 1. The van der Waals surface area contributed by atoms with E-state index >= 15 is 0 Å². The minimum absolute atomic E-state index is 0.568. The van der Waals surface area contributed by atoms with Crippen LogP contribution in [-0.4, -0.2) is 33.6 Å². The van der Waals surface area contributed by atoms with Crippen LogP contribution in [0.4, 0.5) is 0 Å². The molecule has 2 fully saturated rings. The van der Waals surface area contributed by atoms with Gasteiger partial charge in [-0.25, -0.2) is 0 Å². The first kappa shape index (κ1) is 12.6. The van der Waals surface area contributed by atoms with Gasteiger partial charge in [0.25, 0.3) is 0 Å². The van der Waals surface area contributed by atoms with Gasteiger partial charge in [0, 0.05) is 18.6 Å². The highest BCUT2D eigenvalue weighted by Gasteiger charge is 2.33. The van der Waals surface area contributed by atoms with Crippen molar-refractivity contribution >= 4 is 23.3 Å². The van der Waals surface area contributed by atoms with Gasteiger partial charge in [0.2, 0.25) is 0 Å². The van der Waals surface area contributed by atoms with Gasteiger partial charge in [-0.3, -0.25) is 0 Å². The molecule has 1 aromatic heterocycles. The molecular formula is C16H21N3S. The number of piperidine rings is 1. The molecule has 0 aliphatic carbocycles. The van der Waals surface area contributed by atoms with E-state index in [1.54, 1.807) is 0 Å². The second-order valence-electron chi connectivity index (χ2n) is 6.33.